The second-order valence-corrected chi connectivity index (χ2v) is 4.69. The van der Waals surface area contributed by atoms with Gasteiger partial charge in [-0.05, 0) is 50.1 Å². The summed E-state index contributed by atoms with van der Waals surface area (Å²) < 4.78 is 0. The molecule has 0 bridgehead atoms. The zero-order valence-corrected chi connectivity index (χ0v) is 8.92. The Kier molecular flexibility index (Phi) is 2.60. The fourth-order valence-electron chi connectivity index (χ4n) is 1.90. The molecule has 1 heteroatoms. The molecule has 0 heterocycles. The number of nitrogens with two attached hydrogens (primary N) is 1. The lowest BCUT2D eigenvalue weighted by molar-refractivity contribution is 0.479. The monoisotopic (exact) mass is 189 g/mol. The van der Waals surface area contributed by atoms with Gasteiger partial charge in [0.25, 0.3) is 0 Å². The lowest BCUT2D eigenvalue weighted by Gasteiger charge is -2.11. The van der Waals surface area contributed by atoms with E-state index in [-0.39, 0.29) is 0 Å². The molecule has 0 unspecified atom stereocenters. The summed E-state index contributed by atoms with van der Waals surface area (Å²) >= 11 is 0. The largest absolute Gasteiger partial charge is 0.330 e. The van der Waals surface area contributed by atoms with E-state index >= 15 is 0 Å². The minimum absolute atomic E-state index is 0.519. The standard InChI is InChI=1S/C13H19N/c1-11-2-4-12(5-3-11)6-7-13(10-14)8-9-13/h2-5H,6-10,14H2,1H3. The fraction of sp³-hybridized carbons (Fsp3) is 0.538. The number of hydrogen-bond acceptors (Lipinski definition) is 1. The lowest BCUT2D eigenvalue weighted by atomic mass is 9.97. The van der Waals surface area contributed by atoms with Crippen molar-refractivity contribution in [3.05, 3.63) is 35.4 Å². The fourth-order valence-corrected chi connectivity index (χ4v) is 1.90. The van der Waals surface area contributed by atoms with Crippen LogP contribution in [0.2, 0.25) is 0 Å². The average Bonchev–Trinajstić information content (AvgIpc) is 2.98. The van der Waals surface area contributed by atoms with Gasteiger partial charge in [0.1, 0.15) is 0 Å². The molecule has 0 aromatic heterocycles. The summed E-state index contributed by atoms with van der Waals surface area (Å²) in [4.78, 5) is 0. The summed E-state index contributed by atoms with van der Waals surface area (Å²) in [5.41, 5.74) is 9.07. The first kappa shape index (κ1) is 9.72. The van der Waals surface area contributed by atoms with Crippen molar-refractivity contribution < 1.29 is 0 Å². The topological polar surface area (TPSA) is 26.0 Å². The SMILES string of the molecule is Cc1ccc(CCC2(CN)CC2)cc1. The van der Waals surface area contributed by atoms with Crippen LogP contribution in [0.5, 0.6) is 0 Å². The van der Waals surface area contributed by atoms with Crippen LogP contribution >= 0.6 is 0 Å². The van der Waals surface area contributed by atoms with E-state index in [1.54, 1.807) is 0 Å². The third-order valence-corrected chi connectivity index (χ3v) is 3.45. The molecular formula is C13H19N. The first-order valence-corrected chi connectivity index (χ1v) is 5.50. The molecule has 2 N–H and O–H groups in total. The highest BCUT2D eigenvalue weighted by Crippen LogP contribution is 2.48. The van der Waals surface area contributed by atoms with E-state index in [4.69, 9.17) is 5.73 Å². The minimum Gasteiger partial charge on any atom is -0.330 e. The van der Waals surface area contributed by atoms with Gasteiger partial charge in [-0.15, -0.1) is 0 Å². The summed E-state index contributed by atoms with van der Waals surface area (Å²) in [5, 5.41) is 0. The van der Waals surface area contributed by atoms with Crippen molar-refractivity contribution in [3.63, 3.8) is 0 Å². The molecule has 1 saturated carbocycles. The van der Waals surface area contributed by atoms with Gasteiger partial charge < -0.3 is 5.73 Å². The van der Waals surface area contributed by atoms with Crippen LogP contribution in [0, 0.1) is 12.3 Å². The molecule has 1 nitrogen and oxygen atoms in total. The molecule has 0 radical (unpaired) electrons. The molecule has 1 aliphatic rings. The Labute approximate surface area is 86.3 Å². The highest BCUT2D eigenvalue weighted by atomic mass is 14.6. The van der Waals surface area contributed by atoms with E-state index in [9.17, 15) is 0 Å². The van der Waals surface area contributed by atoms with Crippen molar-refractivity contribution in [2.45, 2.75) is 32.6 Å². The van der Waals surface area contributed by atoms with Crippen molar-refractivity contribution in [2.75, 3.05) is 6.54 Å². The molecule has 1 aromatic rings. The molecular weight excluding hydrogens is 170 g/mol. The van der Waals surface area contributed by atoms with Crippen LogP contribution < -0.4 is 5.73 Å². The van der Waals surface area contributed by atoms with Crippen molar-refractivity contribution >= 4 is 0 Å². The van der Waals surface area contributed by atoms with E-state index in [1.807, 2.05) is 0 Å². The third-order valence-electron chi connectivity index (χ3n) is 3.45. The van der Waals surface area contributed by atoms with Crippen molar-refractivity contribution in [1.82, 2.24) is 0 Å². The quantitative estimate of drug-likeness (QED) is 0.774. The maximum atomic E-state index is 5.76. The van der Waals surface area contributed by atoms with Gasteiger partial charge in [-0.25, -0.2) is 0 Å². The maximum Gasteiger partial charge on any atom is -0.00204 e. The van der Waals surface area contributed by atoms with E-state index in [0.29, 0.717) is 5.41 Å². The molecule has 0 atom stereocenters. The molecule has 0 spiro atoms. The van der Waals surface area contributed by atoms with E-state index in [0.717, 1.165) is 6.54 Å². The van der Waals surface area contributed by atoms with Crippen LogP contribution in [0.25, 0.3) is 0 Å². The normalized spacial score (nSPS) is 18.1. The summed E-state index contributed by atoms with van der Waals surface area (Å²) in [6, 6.07) is 8.86. The van der Waals surface area contributed by atoms with Gasteiger partial charge in [-0.3, -0.25) is 0 Å². The summed E-state index contributed by atoms with van der Waals surface area (Å²) in [5.74, 6) is 0. The van der Waals surface area contributed by atoms with E-state index < -0.39 is 0 Å². The van der Waals surface area contributed by atoms with Crippen LogP contribution in [0.4, 0.5) is 0 Å². The molecule has 0 amide bonds. The van der Waals surface area contributed by atoms with E-state index in [1.165, 1.54) is 36.8 Å². The lowest BCUT2D eigenvalue weighted by Crippen LogP contribution is -2.15. The minimum atomic E-state index is 0.519. The van der Waals surface area contributed by atoms with Crippen molar-refractivity contribution in [1.29, 1.82) is 0 Å². The van der Waals surface area contributed by atoms with Gasteiger partial charge in [-0.2, -0.15) is 0 Å². The Morgan fingerprint density at radius 2 is 1.86 bits per heavy atom. The Hall–Kier alpha value is -0.820. The Bertz CT molecular complexity index is 296. The molecule has 1 aromatic carbocycles. The Morgan fingerprint density at radius 3 is 2.36 bits per heavy atom. The molecule has 14 heavy (non-hydrogen) atoms. The Morgan fingerprint density at radius 1 is 1.21 bits per heavy atom. The molecule has 1 fully saturated rings. The smallest absolute Gasteiger partial charge is 0.00204 e. The third kappa shape index (κ3) is 2.16. The van der Waals surface area contributed by atoms with Gasteiger partial charge in [0, 0.05) is 0 Å². The molecule has 1 aliphatic carbocycles. The van der Waals surface area contributed by atoms with Gasteiger partial charge in [0.2, 0.25) is 0 Å². The maximum absolute atomic E-state index is 5.76. The highest BCUT2D eigenvalue weighted by molar-refractivity contribution is 5.21. The summed E-state index contributed by atoms with van der Waals surface area (Å²) in [6.45, 7) is 3.00. The van der Waals surface area contributed by atoms with Gasteiger partial charge in [-0.1, -0.05) is 29.8 Å². The zero-order chi connectivity index (χ0) is 10.0. The second-order valence-electron chi connectivity index (χ2n) is 4.69. The highest BCUT2D eigenvalue weighted by Gasteiger charge is 2.40. The number of rotatable bonds is 4. The molecule has 2 rings (SSSR count). The van der Waals surface area contributed by atoms with Crippen molar-refractivity contribution in [2.24, 2.45) is 11.1 Å². The summed E-state index contributed by atoms with van der Waals surface area (Å²) in [7, 11) is 0. The average molecular weight is 189 g/mol. The molecule has 0 aliphatic heterocycles. The molecule has 76 valence electrons. The second kappa shape index (κ2) is 3.74. The molecule has 0 saturated heterocycles. The van der Waals surface area contributed by atoms with Crippen LogP contribution in [-0.4, -0.2) is 6.54 Å². The van der Waals surface area contributed by atoms with E-state index in [2.05, 4.69) is 31.2 Å². The van der Waals surface area contributed by atoms with Crippen LogP contribution in [-0.2, 0) is 6.42 Å². The van der Waals surface area contributed by atoms with Gasteiger partial charge in [0.15, 0.2) is 0 Å². The van der Waals surface area contributed by atoms with Gasteiger partial charge >= 0.3 is 0 Å². The van der Waals surface area contributed by atoms with Crippen molar-refractivity contribution in [3.8, 4) is 0 Å². The van der Waals surface area contributed by atoms with Crippen LogP contribution in [0.15, 0.2) is 24.3 Å². The first-order chi connectivity index (χ1) is 6.74. The predicted molar refractivity (Wildman–Crippen MR) is 60.2 cm³/mol. The number of hydrogen-bond donors (Lipinski definition) is 1. The van der Waals surface area contributed by atoms with Gasteiger partial charge in [0.05, 0.1) is 0 Å². The number of benzene rings is 1. The van der Waals surface area contributed by atoms with Crippen LogP contribution in [0.1, 0.15) is 30.4 Å². The first-order valence-electron chi connectivity index (χ1n) is 5.50. The van der Waals surface area contributed by atoms with Crippen LogP contribution in [0.3, 0.4) is 0 Å². The Balaban J connectivity index is 1.89. The summed E-state index contributed by atoms with van der Waals surface area (Å²) in [6.07, 6.45) is 5.15. The number of aryl methyl sites for hydroxylation is 2. The predicted octanol–water partition coefficient (Wildman–Crippen LogP) is 2.67. The zero-order valence-electron chi connectivity index (χ0n) is 8.92.